The summed E-state index contributed by atoms with van der Waals surface area (Å²) in [5, 5.41) is 2.71. The van der Waals surface area contributed by atoms with E-state index in [9.17, 15) is 18.0 Å². The van der Waals surface area contributed by atoms with Gasteiger partial charge in [-0.05, 0) is 36.4 Å². The van der Waals surface area contributed by atoms with Gasteiger partial charge >= 0.3 is 4.87 Å². The van der Waals surface area contributed by atoms with Gasteiger partial charge in [0, 0.05) is 18.8 Å². The summed E-state index contributed by atoms with van der Waals surface area (Å²) in [4.78, 5) is 24.5. The topological polar surface area (TPSA) is 97.7 Å². The van der Waals surface area contributed by atoms with Crippen LogP contribution in [0.4, 0.5) is 5.69 Å². The minimum atomic E-state index is -3.58. The molecule has 0 bridgehead atoms. The zero-order valence-corrected chi connectivity index (χ0v) is 17.0. The van der Waals surface area contributed by atoms with E-state index in [1.54, 1.807) is 18.2 Å². The second-order valence-corrected chi connectivity index (χ2v) is 9.44. The lowest BCUT2D eigenvalue weighted by atomic mass is 10.3. The van der Waals surface area contributed by atoms with Crippen LogP contribution in [0.1, 0.15) is 0 Å². The highest BCUT2D eigenvalue weighted by atomic mass is 32.2. The summed E-state index contributed by atoms with van der Waals surface area (Å²) in [5.74, 6) is -0.362. The maximum Gasteiger partial charge on any atom is 0.308 e. The van der Waals surface area contributed by atoms with Gasteiger partial charge < -0.3 is 10.1 Å². The molecule has 4 rings (SSSR count). The molecule has 0 radical (unpaired) electrons. The van der Waals surface area contributed by atoms with Gasteiger partial charge in [0.15, 0.2) is 0 Å². The highest BCUT2D eigenvalue weighted by Gasteiger charge is 2.26. The highest BCUT2D eigenvalue weighted by molar-refractivity contribution is 7.89. The van der Waals surface area contributed by atoms with Crippen molar-refractivity contribution in [1.82, 2.24) is 8.87 Å². The van der Waals surface area contributed by atoms with E-state index < -0.39 is 10.0 Å². The Morgan fingerprint density at radius 3 is 2.48 bits per heavy atom. The molecule has 152 valence electrons. The number of hydrogen-bond acceptors (Lipinski definition) is 6. The Bertz CT molecular complexity index is 1190. The molecular weight excluding hydrogens is 414 g/mol. The molecule has 1 amide bonds. The van der Waals surface area contributed by atoms with Gasteiger partial charge in [0.1, 0.15) is 6.54 Å². The van der Waals surface area contributed by atoms with Gasteiger partial charge in [-0.15, -0.1) is 0 Å². The maximum absolute atomic E-state index is 12.6. The molecule has 2 heterocycles. The van der Waals surface area contributed by atoms with Gasteiger partial charge in [0.25, 0.3) is 0 Å². The molecule has 0 saturated carbocycles. The molecule has 0 unspecified atom stereocenters. The summed E-state index contributed by atoms with van der Waals surface area (Å²) in [6.45, 7) is 1.29. The fourth-order valence-corrected chi connectivity index (χ4v) is 5.45. The van der Waals surface area contributed by atoms with Crippen molar-refractivity contribution in [3.05, 3.63) is 58.2 Å². The fraction of sp³-hybridized carbons (Fsp3) is 0.263. The number of amides is 1. The average molecular weight is 434 g/mol. The Kier molecular flexibility index (Phi) is 5.50. The van der Waals surface area contributed by atoms with Crippen molar-refractivity contribution in [2.24, 2.45) is 0 Å². The van der Waals surface area contributed by atoms with Gasteiger partial charge in [0.05, 0.1) is 28.3 Å². The molecule has 1 aromatic heterocycles. The summed E-state index contributed by atoms with van der Waals surface area (Å²) < 4.78 is 34.1. The first-order valence-corrected chi connectivity index (χ1v) is 11.3. The minimum absolute atomic E-state index is 0.114. The summed E-state index contributed by atoms with van der Waals surface area (Å²) in [5.41, 5.74) is 1.17. The lowest BCUT2D eigenvalue weighted by Gasteiger charge is -2.26. The summed E-state index contributed by atoms with van der Waals surface area (Å²) in [7, 11) is -3.58. The van der Waals surface area contributed by atoms with Gasteiger partial charge in [-0.1, -0.05) is 23.5 Å². The number of para-hydroxylation sites is 1. The van der Waals surface area contributed by atoms with E-state index in [0.717, 1.165) is 16.0 Å². The monoisotopic (exact) mass is 433 g/mol. The molecule has 0 atom stereocenters. The van der Waals surface area contributed by atoms with E-state index in [0.29, 0.717) is 37.5 Å². The van der Waals surface area contributed by atoms with Crippen molar-refractivity contribution in [1.29, 1.82) is 0 Å². The zero-order chi connectivity index (χ0) is 20.4. The van der Waals surface area contributed by atoms with Gasteiger partial charge in [-0.3, -0.25) is 14.2 Å². The van der Waals surface area contributed by atoms with Crippen LogP contribution in [0.25, 0.3) is 10.2 Å². The number of carbonyl (C=O) groups is 1. The van der Waals surface area contributed by atoms with Crippen LogP contribution in [-0.4, -0.2) is 49.5 Å². The second-order valence-electron chi connectivity index (χ2n) is 6.51. The third kappa shape index (κ3) is 4.10. The number of nitrogens with one attached hydrogen (secondary N) is 1. The number of morpholine rings is 1. The first-order valence-electron chi connectivity index (χ1n) is 9.01. The zero-order valence-electron chi connectivity index (χ0n) is 15.4. The van der Waals surface area contributed by atoms with Crippen LogP contribution < -0.4 is 10.2 Å². The third-order valence-electron chi connectivity index (χ3n) is 4.62. The van der Waals surface area contributed by atoms with E-state index in [1.807, 2.05) is 18.2 Å². The van der Waals surface area contributed by atoms with Gasteiger partial charge in [0.2, 0.25) is 15.9 Å². The van der Waals surface area contributed by atoms with Crippen LogP contribution in [0.5, 0.6) is 0 Å². The number of anilines is 1. The Labute approximate surface area is 171 Å². The molecule has 1 saturated heterocycles. The largest absolute Gasteiger partial charge is 0.379 e. The SMILES string of the molecule is O=C(Cn1c(=O)sc2ccccc21)Nc1ccc(S(=O)(=O)N2CCOCC2)cc1. The fourth-order valence-electron chi connectivity index (χ4n) is 3.15. The second kappa shape index (κ2) is 8.07. The summed E-state index contributed by atoms with van der Waals surface area (Å²) >= 11 is 1.09. The molecule has 10 heteroatoms. The lowest BCUT2D eigenvalue weighted by molar-refractivity contribution is -0.116. The quantitative estimate of drug-likeness (QED) is 0.661. The number of thiazole rings is 1. The standard InChI is InChI=1S/C19H19N3O5S2/c23-18(13-22-16-3-1-2-4-17(16)28-19(22)24)20-14-5-7-15(8-6-14)29(25,26)21-9-11-27-12-10-21/h1-8H,9-13H2,(H,20,23). The average Bonchev–Trinajstić information content (AvgIpc) is 3.04. The normalized spacial score (nSPS) is 15.4. The number of aromatic nitrogens is 1. The van der Waals surface area contributed by atoms with E-state index in [1.165, 1.54) is 21.0 Å². The predicted molar refractivity (Wildman–Crippen MR) is 111 cm³/mol. The van der Waals surface area contributed by atoms with E-state index in [-0.39, 0.29) is 22.2 Å². The molecule has 1 aliphatic rings. The van der Waals surface area contributed by atoms with Crippen molar-refractivity contribution in [2.45, 2.75) is 11.4 Å². The molecule has 1 aliphatic heterocycles. The number of sulfonamides is 1. The molecule has 29 heavy (non-hydrogen) atoms. The van der Waals surface area contributed by atoms with Crippen molar-refractivity contribution in [3.63, 3.8) is 0 Å². The van der Waals surface area contributed by atoms with E-state index >= 15 is 0 Å². The molecular formula is C19H19N3O5S2. The first-order chi connectivity index (χ1) is 13.9. The lowest BCUT2D eigenvalue weighted by Crippen LogP contribution is -2.40. The molecule has 1 N–H and O–H groups in total. The summed E-state index contributed by atoms with van der Waals surface area (Å²) in [6.07, 6.45) is 0. The number of rotatable bonds is 5. The van der Waals surface area contributed by atoms with E-state index in [4.69, 9.17) is 4.74 Å². The van der Waals surface area contributed by atoms with Crippen LogP contribution in [0.2, 0.25) is 0 Å². The Morgan fingerprint density at radius 2 is 1.76 bits per heavy atom. The molecule has 1 fully saturated rings. The predicted octanol–water partition coefficient (Wildman–Crippen LogP) is 1.72. The van der Waals surface area contributed by atoms with Crippen molar-refractivity contribution < 1.29 is 17.9 Å². The number of benzene rings is 2. The van der Waals surface area contributed by atoms with Crippen molar-refractivity contribution in [3.8, 4) is 0 Å². The van der Waals surface area contributed by atoms with Crippen molar-refractivity contribution >= 4 is 43.2 Å². The van der Waals surface area contributed by atoms with Crippen LogP contribution in [-0.2, 0) is 26.1 Å². The molecule has 3 aromatic rings. The number of carbonyl (C=O) groups excluding carboxylic acids is 1. The van der Waals surface area contributed by atoms with Gasteiger partial charge in [-0.2, -0.15) is 4.31 Å². The van der Waals surface area contributed by atoms with E-state index in [2.05, 4.69) is 5.32 Å². The highest BCUT2D eigenvalue weighted by Crippen LogP contribution is 2.20. The summed E-state index contributed by atoms with van der Waals surface area (Å²) in [6, 6.07) is 13.3. The number of fused-ring (bicyclic) bond motifs is 1. The molecule has 0 aliphatic carbocycles. The third-order valence-corrected chi connectivity index (χ3v) is 7.49. The van der Waals surface area contributed by atoms with Crippen LogP contribution in [0.3, 0.4) is 0 Å². The Hall–Kier alpha value is -2.53. The van der Waals surface area contributed by atoms with Gasteiger partial charge in [-0.25, -0.2) is 8.42 Å². The van der Waals surface area contributed by atoms with Crippen LogP contribution in [0.15, 0.2) is 58.2 Å². The molecule has 2 aromatic carbocycles. The smallest absolute Gasteiger partial charge is 0.308 e. The maximum atomic E-state index is 12.6. The molecule has 8 nitrogen and oxygen atoms in total. The Morgan fingerprint density at radius 1 is 1.07 bits per heavy atom. The number of ether oxygens (including phenoxy) is 1. The van der Waals surface area contributed by atoms with Crippen LogP contribution in [0, 0.1) is 0 Å². The number of hydrogen-bond donors (Lipinski definition) is 1. The molecule has 0 spiro atoms. The van der Waals surface area contributed by atoms with Crippen LogP contribution >= 0.6 is 11.3 Å². The number of nitrogens with zero attached hydrogens (tertiary/aromatic N) is 2. The first kappa shape index (κ1) is 19.8. The Balaban J connectivity index is 1.46. The van der Waals surface area contributed by atoms with Crippen molar-refractivity contribution in [2.75, 3.05) is 31.6 Å². The minimum Gasteiger partial charge on any atom is -0.379 e.